The van der Waals surface area contributed by atoms with E-state index in [4.69, 9.17) is 0 Å². The summed E-state index contributed by atoms with van der Waals surface area (Å²) in [5.41, 5.74) is 0. The van der Waals surface area contributed by atoms with Gasteiger partial charge < -0.3 is 17.3 Å². The highest BCUT2D eigenvalue weighted by atomic mass is 19.5. The summed E-state index contributed by atoms with van der Waals surface area (Å²) in [6.07, 6.45) is 0. The third kappa shape index (κ3) is 635. The molecule has 0 aliphatic carbocycles. The SMILES string of the molecule is C.F[B-](F)(F)F. The van der Waals surface area contributed by atoms with Crippen molar-refractivity contribution in [1.82, 2.24) is 0 Å². The van der Waals surface area contributed by atoms with E-state index in [2.05, 4.69) is 0 Å². The minimum Gasteiger partial charge on any atom is -0.418 e. The molecule has 0 saturated heterocycles. The molecule has 0 aliphatic rings. The van der Waals surface area contributed by atoms with Gasteiger partial charge in [-0.25, -0.2) is 0 Å². The van der Waals surface area contributed by atoms with Crippen LogP contribution in [0.25, 0.3) is 0 Å². The molecule has 0 unspecified atom stereocenters. The highest BCUT2D eigenvalue weighted by Crippen LogP contribution is 2.06. The van der Waals surface area contributed by atoms with Crippen LogP contribution in [0.3, 0.4) is 0 Å². The van der Waals surface area contributed by atoms with Gasteiger partial charge in [-0.3, -0.25) is 0 Å². The van der Waals surface area contributed by atoms with Crippen LogP contribution in [-0.4, -0.2) is 7.25 Å². The fourth-order valence-corrected chi connectivity index (χ4v) is 0. The Morgan fingerprint density at radius 2 is 0.833 bits per heavy atom. The number of halogens is 4. The fourth-order valence-electron chi connectivity index (χ4n) is 0. The van der Waals surface area contributed by atoms with Gasteiger partial charge in [0.25, 0.3) is 0 Å². The van der Waals surface area contributed by atoms with Gasteiger partial charge in [0.05, 0.1) is 0 Å². The average molecular weight is 103 g/mol. The van der Waals surface area contributed by atoms with Crippen molar-refractivity contribution < 1.29 is 17.3 Å². The molecule has 0 heterocycles. The number of hydrogen-bond donors (Lipinski definition) is 0. The van der Waals surface area contributed by atoms with Crippen molar-refractivity contribution in [3.63, 3.8) is 0 Å². The van der Waals surface area contributed by atoms with E-state index in [0.717, 1.165) is 0 Å². The van der Waals surface area contributed by atoms with Crippen LogP contribution in [0.4, 0.5) is 17.3 Å². The summed E-state index contributed by atoms with van der Waals surface area (Å²) in [4.78, 5) is 0. The monoisotopic (exact) mass is 103 g/mol. The lowest BCUT2D eigenvalue weighted by atomic mass is 10.3. The Morgan fingerprint density at radius 1 is 0.833 bits per heavy atom. The maximum Gasteiger partial charge on any atom is 0.673 e. The Morgan fingerprint density at radius 3 is 0.833 bits per heavy atom. The molecule has 0 nitrogen and oxygen atoms in total. The second-order valence-corrected chi connectivity index (χ2v) is 0.495. The summed E-state index contributed by atoms with van der Waals surface area (Å²) in [5, 5.41) is 0. The zero-order valence-electron chi connectivity index (χ0n) is 2.09. The molecule has 40 valence electrons. The zero-order chi connectivity index (χ0) is 4.50. The lowest BCUT2D eigenvalue weighted by molar-refractivity contribution is 0.368. The molecule has 0 aromatic rings. The van der Waals surface area contributed by atoms with Crippen molar-refractivity contribution in [2.24, 2.45) is 0 Å². The molecule has 0 aromatic heterocycles. The van der Waals surface area contributed by atoms with Gasteiger partial charge in [-0.1, -0.05) is 7.43 Å². The van der Waals surface area contributed by atoms with Crippen LogP contribution in [0.15, 0.2) is 0 Å². The summed E-state index contributed by atoms with van der Waals surface area (Å²) in [7, 11) is -6.00. The van der Waals surface area contributed by atoms with E-state index in [-0.39, 0.29) is 7.43 Å². The lowest BCUT2D eigenvalue weighted by Crippen LogP contribution is -2.02. The van der Waals surface area contributed by atoms with E-state index in [1.165, 1.54) is 0 Å². The first-order valence-corrected chi connectivity index (χ1v) is 0.873. The van der Waals surface area contributed by atoms with Crippen LogP contribution < -0.4 is 0 Å². The molecule has 6 heavy (non-hydrogen) atoms. The minimum atomic E-state index is -6.00. The maximum atomic E-state index is 9.75. The van der Waals surface area contributed by atoms with E-state index in [9.17, 15) is 17.3 Å². The Bertz CT molecular complexity index is 23.0. The van der Waals surface area contributed by atoms with Crippen molar-refractivity contribution in [3.8, 4) is 0 Å². The minimum absolute atomic E-state index is 0. The summed E-state index contributed by atoms with van der Waals surface area (Å²) in [6, 6.07) is 0. The molecular weight excluding hydrogens is 98.8 g/mol. The molecule has 0 saturated carbocycles. The van der Waals surface area contributed by atoms with Crippen molar-refractivity contribution in [1.29, 1.82) is 0 Å². The highest BCUT2D eigenvalue weighted by Gasteiger charge is 2.20. The molecule has 5 heteroatoms. The Labute approximate surface area is 33.3 Å². The largest absolute Gasteiger partial charge is 0.673 e. The normalized spacial score (nSPS) is 10.0. The highest BCUT2D eigenvalue weighted by molar-refractivity contribution is 6.50. The van der Waals surface area contributed by atoms with Crippen LogP contribution in [0.5, 0.6) is 0 Å². The second-order valence-electron chi connectivity index (χ2n) is 0.495. The van der Waals surface area contributed by atoms with E-state index in [0.29, 0.717) is 0 Å². The molecule has 0 rings (SSSR count). The Hall–Kier alpha value is -0.215. The quantitative estimate of drug-likeness (QED) is 0.324. The standard InChI is InChI=1S/CH4.BF4/c;2-1(3,4)5/h1H4;/q;-1. The van der Waals surface area contributed by atoms with Crippen molar-refractivity contribution in [3.05, 3.63) is 0 Å². The molecule has 0 N–H and O–H groups in total. The summed E-state index contributed by atoms with van der Waals surface area (Å²) < 4.78 is 39.0. The van der Waals surface area contributed by atoms with Gasteiger partial charge in [0.1, 0.15) is 0 Å². The molecule has 0 amide bonds. The zero-order valence-corrected chi connectivity index (χ0v) is 2.09. The van der Waals surface area contributed by atoms with Gasteiger partial charge in [0.15, 0.2) is 0 Å². The topological polar surface area (TPSA) is 0 Å². The van der Waals surface area contributed by atoms with Gasteiger partial charge >= 0.3 is 7.25 Å². The smallest absolute Gasteiger partial charge is 0.418 e. The van der Waals surface area contributed by atoms with E-state index < -0.39 is 7.25 Å². The third-order valence-corrected chi connectivity index (χ3v) is 0. The third-order valence-electron chi connectivity index (χ3n) is 0. The Balaban J connectivity index is 0. The first-order chi connectivity index (χ1) is 2.00. The molecule has 0 bridgehead atoms. The molecule has 0 aromatic carbocycles. The fraction of sp³-hybridized carbons (Fsp3) is 1.00. The van der Waals surface area contributed by atoms with Crippen LogP contribution >= 0.6 is 0 Å². The predicted molar refractivity (Wildman–Crippen MR) is 16.9 cm³/mol. The van der Waals surface area contributed by atoms with Gasteiger partial charge in [-0.15, -0.1) is 0 Å². The van der Waals surface area contributed by atoms with Crippen molar-refractivity contribution in [2.75, 3.05) is 0 Å². The van der Waals surface area contributed by atoms with E-state index >= 15 is 0 Å². The second kappa shape index (κ2) is 2.05. The number of hydrogen-bond acceptors (Lipinski definition) is 0. The first kappa shape index (κ1) is 9.25. The van der Waals surface area contributed by atoms with Gasteiger partial charge in [0, 0.05) is 0 Å². The van der Waals surface area contributed by atoms with Gasteiger partial charge in [0.2, 0.25) is 0 Å². The summed E-state index contributed by atoms with van der Waals surface area (Å²) in [5.74, 6) is 0. The number of rotatable bonds is 0. The molecule has 0 fully saturated rings. The predicted octanol–water partition coefficient (Wildman–Crippen LogP) is 1.94. The van der Waals surface area contributed by atoms with E-state index in [1.807, 2.05) is 0 Å². The van der Waals surface area contributed by atoms with Crippen LogP contribution in [-0.2, 0) is 0 Å². The van der Waals surface area contributed by atoms with Crippen molar-refractivity contribution >= 4 is 7.25 Å². The average Bonchev–Trinajstić information content (AvgIpc) is 0.722. The van der Waals surface area contributed by atoms with Gasteiger partial charge in [-0.05, 0) is 0 Å². The molecule has 0 radical (unpaired) electrons. The van der Waals surface area contributed by atoms with E-state index in [1.54, 1.807) is 0 Å². The van der Waals surface area contributed by atoms with Crippen LogP contribution in [0.2, 0.25) is 0 Å². The summed E-state index contributed by atoms with van der Waals surface area (Å²) in [6.45, 7) is 0. The molecule has 0 aliphatic heterocycles. The first-order valence-electron chi connectivity index (χ1n) is 0.873. The molecule has 0 spiro atoms. The van der Waals surface area contributed by atoms with Crippen LogP contribution in [0, 0.1) is 0 Å². The lowest BCUT2D eigenvalue weighted by Gasteiger charge is -1.94. The van der Waals surface area contributed by atoms with Crippen molar-refractivity contribution in [2.45, 2.75) is 7.43 Å². The van der Waals surface area contributed by atoms with Crippen LogP contribution in [0.1, 0.15) is 7.43 Å². The Kier molecular flexibility index (Phi) is 3.16. The molecular formula is CH4BF4-. The summed E-state index contributed by atoms with van der Waals surface area (Å²) >= 11 is 0. The maximum absolute atomic E-state index is 9.75. The molecule has 0 atom stereocenters. The van der Waals surface area contributed by atoms with Gasteiger partial charge in [-0.2, -0.15) is 0 Å².